The lowest BCUT2D eigenvalue weighted by atomic mass is 10.3. The van der Waals surface area contributed by atoms with Crippen LogP contribution in [0.15, 0.2) is 24.4 Å². The second kappa shape index (κ2) is 7.04. The summed E-state index contributed by atoms with van der Waals surface area (Å²) in [6.07, 6.45) is 2.24. The maximum atomic E-state index is 9.16. The molecule has 7 heteroatoms. The molecule has 0 amide bonds. The Kier molecular flexibility index (Phi) is 5.37. The molecule has 0 fully saturated rings. The van der Waals surface area contributed by atoms with E-state index in [9.17, 15) is 0 Å². The molecule has 20 heavy (non-hydrogen) atoms. The van der Waals surface area contributed by atoms with Crippen LogP contribution in [0.5, 0.6) is 0 Å². The van der Waals surface area contributed by atoms with E-state index in [1.807, 2.05) is 12.3 Å². The summed E-state index contributed by atoms with van der Waals surface area (Å²) in [6, 6.07) is 5.29. The molecule has 5 nitrogen and oxygen atoms in total. The number of nitrogens with one attached hydrogen (secondary N) is 1. The van der Waals surface area contributed by atoms with E-state index >= 15 is 0 Å². The average molecular weight is 315 g/mol. The molecule has 0 aliphatic rings. The van der Waals surface area contributed by atoms with Gasteiger partial charge in [0.1, 0.15) is 0 Å². The quantitative estimate of drug-likeness (QED) is 0.804. The summed E-state index contributed by atoms with van der Waals surface area (Å²) in [5.74, 6) is 0. The molecule has 0 radical (unpaired) electrons. The van der Waals surface area contributed by atoms with Gasteiger partial charge in [0.15, 0.2) is 0 Å². The third-order valence-corrected chi connectivity index (χ3v) is 3.49. The van der Waals surface area contributed by atoms with E-state index in [-0.39, 0.29) is 6.10 Å². The van der Waals surface area contributed by atoms with E-state index in [1.165, 1.54) is 0 Å². The van der Waals surface area contributed by atoms with Gasteiger partial charge in [0, 0.05) is 6.54 Å². The number of aliphatic hydroxyl groups is 1. The Morgan fingerprint density at radius 1 is 1.35 bits per heavy atom. The smallest absolute Gasteiger partial charge is 0.0969 e. The van der Waals surface area contributed by atoms with Gasteiger partial charge < -0.3 is 10.4 Å². The second-order valence-electron chi connectivity index (χ2n) is 4.57. The van der Waals surface area contributed by atoms with E-state index in [0.717, 1.165) is 17.9 Å². The largest absolute Gasteiger partial charge is 0.393 e. The van der Waals surface area contributed by atoms with Gasteiger partial charge in [-0.2, -0.15) is 0 Å². The molecule has 0 saturated carbocycles. The summed E-state index contributed by atoms with van der Waals surface area (Å²) < 4.78 is 1.65. The first-order valence-corrected chi connectivity index (χ1v) is 7.07. The molecule has 0 saturated heterocycles. The lowest BCUT2D eigenvalue weighted by Gasteiger charge is -2.04. The molecule has 0 aliphatic carbocycles. The molecule has 1 aromatic heterocycles. The summed E-state index contributed by atoms with van der Waals surface area (Å²) in [5, 5.41) is 21.5. The van der Waals surface area contributed by atoms with Crippen molar-refractivity contribution in [2.75, 3.05) is 6.54 Å². The van der Waals surface area contributed by atoms with E-state index in [4.69, 9.17) is 28.3 Å². The van der Waals surface area contributed by atoms with Gasteiger partial charge in [-0.3, -0.25) is 0 Å². The fraction of sp³-hybridized carbons (Fsp3) is 0.385. The zero-order valence-electron chi connectivity index (χ0n) is 11.1. The zero-order chi connectivity index (χ0) is 14.5. The number of rotatable bonds is 6. The molecule has 1 aromatic carbocycles. The standard InChI is InChI=1S/C13H16Cl2N4O/c1-9(20)4-5-16-7-10-8-19(18-17-10)11-2-3-12(14)13(15)6-11/h2-3,6,8-9,16,20H,4-5,7H2,1H3/t9-/m0/s1. The molecular weight excluding hydrogens is 299 g/mol. The highest BCUT2D eigenvalue weighted by atomic mass is 35.5. The Balaban J connectivity index is 1.96. The number of aromatic nitrogens is 3. The summed E-state index contributed by atoms with van der Waals surface area (Å²) >= 11 is 11.8. The summed E-state index contributed by atoms with van der Waals surface area (Å²) in [5.41, 5.74) is 1.63. The molecule has 1 heterocycles. The van der Waals surface area contributed by atoms with Crippen LogP contribution in [0.1, 0.15) is 19.0 Å². The van der Waals surface area contributed by atoms with Gasteiger partial charge in [-0.1, -0.05) is 28.4 Å². The first kappa shape index (κ1) is 15.3. The topological polar surface area (TPSA) is 63.0 Å². The maximum Gasteiger partial charge on any atom is 0.0969 e. The van der Waals surface area contributed by atoms with Crippen molar-refractivity contribution in [2.45, 2.75) is 26.0 Å². The van der Waals surface area contributed by atoms with Crippen LogP contribution in [-0.2, 0) is 6.54 Å². The van der Waals surface area contributed by atoms with Crippen molar-refractivity contribution in [3.63, 3.8) is 0 Å². The monoisotopic (exact) mass is 314 g/mol. The molecule has 2 rings (SSSR count). The zero-order valence-corrected chi connectivity index (χ0v) is 12.6. The molecule has 108 valence electrons. The Morgan fingerprint density at radius 3 is 2.85 bits per heavy atom. The predicted molar refractivity (Wildman–Crippen MR) is 79.4 cm³/mol. The highest BCUT2D eigenvalue weighted by Gasteiger charge is 2.05. The second-order valence-corrected chi connectivity index (χ2v) is 5.38. The highest BCUT2D eigenvalue weighted by Crippen LogP contribution is 2.24. The highest BCUT2D eigenvalue weighted by molar-refractivity contribution is 6.42. The van der Waals surface area contributed by atoms with Crippen LogP contribution in [0.25, 0.3) is 5.69 Å². The van der Waals surface area contributed by atoms with E-state index in [2.05, 4.69) is 15.6 Å². The van der Waals surface area contributed by atoms with Gasteiger partial charge in [0.2, 0.25) is 0 Å². The van der Waals surface area contributed by atoms with E-state index in [0.29, 0.717) is 23.0 Å². The Morgan fingerprint density at radius 2 is 2.15 bits per heavy atom. The number of hydrogen-bond acceptors (Lipinski definition) is 4. The predicted octanol–water partition coefficient (Wildman–Crippen LogP) is 2.43. The summed E-state index contributed by atoms with van der Waals surface area (Å²) in [6.45, 7) is 3.10. The van der Waals surface area contributed by atoms with Crippen LogP contribution < -0.4 is 5.32 Å². The van der Waals surface area contributed by atoms with Gasteiger partial charge in [-0.25, -0.2) is 4.68 Å². The SMILES string of the molecule is C[C@H](O)CCNCc1cn(-c2ccc(Cl)c(Cl)c2)nn1. The van der Waals surface area contributed by atoms with Gasteiger partial charge in [-0.15, -0.1) is 5.10 Å². The van der Waals surface area contributed by atoms with Crippen LogP contribution in [-0.4, -0.2) is 32.7 Å². The van der Waals surface area contributed by atoms with E-state index in [1.54, 1.807) is 23.7 Å². The minimum absolute atomic E-state index is 0.297. The fourth-order valence-electron chi connectivity index (χ4n) is 1.66. The first-order valence-electron chi connectivity index (χ1n) is 6.31. The van der Waals surface area contributed by atoms with Crippen LogP contribution >= 0.6 is 23.2 Å². The third kappa shape index (κ3) is 4.18. The molecule has 0 unspecified atom stereocenters. The van der Waals surface area contributed by atoms with Crippen molar-refractivity contribution in [1.82, 2.24) is 20.3 Å². The minimum Gasteiger partial charge on any atom is -0.393 e. The van der Waals surface area contributed by atoms with Crippen molar-refractivity contribution in [1.29, 1.82) is 0 Å². The summed E-state index contributed by atoms with van der Waals surface area (Å²) in [4.78, 5) is 0. The van der Waals surface area contributed by atoms with E-state index < -0.39 is 0 Å². The molecule has 0 bridgehead atoms. The molecule has 0 aliphatic heterocycles. The van der Waals surface area contributed by atoms with Crippen molar-refractivity contribution in [3.8, 4) is 5.69 Å². The van der Waals surface area contributed by atoms with Crippen molar-refractivity contribution < 1.29 is 5.11 Å². The number of nitrogens with zero attached hydrogens (tertiary/aromatic N) is 3. The summed E-state index contributed by atoms with van der Waals surface area (Å²) in [7, 11) is 0. The van der Waals surface area contributed by atoms with Gasteiger partial charge in [0.25, 0.3) is 0 Å². The lowest BCUT2D eigenvalue weighted by molar-refractivity contribution is 0.183. The van der Waals surface area contributed by atoms with Crippen LogP contribution in [0.4, 0.5) is 0 Å². The third-order valence-electron chi connectivity index (χ3n) is 2.75. The molecule has 1 atom stereocenters. The normalized spacial score (nSPS) is 12.6. The Hall–Kier alpha value is -1.14. The Bertz CT molecular complexity index is 571. The number of hydrogen-bond donors (Lipinski definition) is 2. The van der Waals surface area contributed by atoms with Crippen molar-refractivity contribution in [3.05, 3.63) is 40.1 Å². The number of halogens is 2. The van der Waals surface area contributed by atoms with Crippen LogP contribution in [0.2, 0.25) is 10.0 Å². The number of benzene rings is 1. The van der Waals surface area contributed by atoms with Crippen LogP contribution in [0, 0.1) is 0 Å². The van der Waals surface area contributed by atoms with Crippen molar-refractivity contribution >= 4 is 23.2 Å². The Labute approximate surface area is 127 Å². The lowest BCUT2D eigenvalue weighted by Crippen LogP contribution is -2.18. The minimum atomic E-state index is -0.297. The molecule has 0 spiro atoms. The molecular formula is C13H16Cl2N4O. The van der Waals surface area contributed by atoms with Gasteiger partial charge in [-0.05, 0) is 38.1 Å². The maximum absolute atomic E-state index is 9.16. The average Bonchev–Trinajstić information content (AvgIpc) is 2.86. The van der Waals surface area contributed by atoms with Crippen LogP contribution in [0.3, 0.4) is 0 Å². The van der Waals surface area contributed by atoms with Gasteiger partial charge >= 0.3 is 0 Å². The molecule has 2 N–H and O–H groups in total. The first-order chi connectivity index (χ1) is 9.56. The number of aliphatic hydroxyl groups excluding tert-OH is 1. The van der Waals surface area contributed by atoms with Gasteiger partial charge in [0.05, 0.1) is 33.7 Å². The molecule has 2 aromatic rings. The van der Waals surface area contributed by atoms with Crippen molar-refractivity contribution in [2.24, 2.45) is 0 Å². The fourth-order valence-corrected chi connectivity index (χ4v) is 1.95.